The van der Waals surface area contributed by atoms with E-state index in [2.05, 4.69) is 0 Å². The number of thioether (sulfide) groups is 1. The minimum absolute atomic E-state index is 0.273. The molecule has 1 N–H and O–H groups in total. The molecule has 4 rings (SSSR count). The molecule has 0 aromatic heterocycles. The van der Waals surface area contributed by atoms with Crippen LogP contribution in [0.2, 0.25) is 0 Å². The smallest absolute Gasteiger partial charge is 0.161 e. The third-order valence-corrected chi connectivity index (χ3v) is 7.58. The van der Waals surface area contributed by atoms with Gasteiger partial charge in [0.25, 0.3) is 0 Å². The van der Waals surface area contributed by atoms with Crippen molar-refractivity contribution in [3.8, 4) is 11.5 Å². The molecule has 9 heteroatoms. The van der Waals surface area contributed by atoms with E-state index in [0.717, 1.165) is 27.8 Å². The number of fused-ring (bicyclic) bond motifs is 1. The topological polar surface area (TPSA) is 82.0 Å². The van der Waals surface area contributed by atoms with Gasteiger partial charge in [-0.15, -0.1) is 0 Å². The van der Waals surface area contributed by atoms with Crippen molar-refractivity contribution in [2.75, 3.05) is 28.3 Å². The lowest BCUT2D eigenvalue weighted by atomic mass is 9.88. The highest BCUT2D eigenvalue weighted by Crippen LogP contribution is 2.42. The summed E-state index contributed by atoms with van der Waals surface area (Å²) < 4.78 is 30.0. The summed E-state index contributed by atoms with van der Waals surface area (Å²) in [6, 6.07) is 15.2. The van der Waals surface area contributed by atoms with Crippen molar-refractivity contribution in [1.82, 2.24) is 4.90 Å². The fourth-order valence-corrected chi connectivity index (χ4v) is 5.44. The monoisotopic (exact) mass is 516 g/mol. The summed E-state index contributed by atoms with van der Waals surface area (Å²) in [5.41, 5.74) is 0.564. The number of rotatable bonds is 9. The molecule has 2 heterocycles. The molecule has 0 spiro atoms. The second-order valence-corrected chi connectivity index (χ2v) is 10.8. The summed E-state index contributed by atoms with van der Waals surface area (Å²) in [5, 5.41) is 12.0. The number of benzene rings is 2. The van der Waals surface area contributed by atoms with E-state index in [1.807, 2.05) is 67.5 Å². The molecule has 0 radical (unpaired) electrons. The van der Waals surface area contributed by atoms with Crippen LogP contribution in [0.4, 0.5) is 0 Å². The molecule has 196 valence electrons. The van der Waals surface area contributed by atoms with Crippen molar-refractivity contribution in [1.29, 1.82) is 0 Å². The quantitative estimate of drug-likeness (QED) is 0.540. The predicted molar refractivity (Wildman–Crippen MR) is 141 cm³/mol. The van der Waals surface area contributed by atoms with Gasteiger partial charge in [0.2, 0.25) is 0 Å². The molecule has 2 aliphatic rings. The fourth-order valence-electron chi connectivity index (χ4n) is 4.31. The third-order valence-electron chi connectivity index (χ3n) is 6.28. The normalized spacial score (nSPS) is 25.8. The third kappa shape index (κ3) is 6.15. The summed E-state index contributed by atoms with van der Waals surface area (Å²) in [5.74, 6) is 1.58. The van der Waals surface area contributed by atoms with Gasteiger partial charge in [-0.05, 0) is 49.2 Å². The highest BCUT2D eigenvalue weighted by Gasteiger charge is 2.54. The Balaban J connectivity index is 1.60. The molecule has 2 aliphatic heterocycles. The summed E-state index contributed by atoms with van der Waals surface area (Å²) in [6.07, 6.45) is -1.58. The van der Waals surface area contributed by atoms with E-state index in [0.29, 0.717) is 13.2 Å². The number of hydrogen-bond acceptors (Lipinski definition) is 9. The Bertz CT molecular complexity index is 1020. The van der Waals surface area contributed by atoms with Crippen LogP contribution in [-0.2, 0) is 27.4 Å². The number of amidine groups is 1. The van der Waals surface area contributed by atoms with Gasteiger partial charge in [-0.3, -0.25) is 4.99 Å². The van der Waals surface area contributed by atoms with Crippen LogP contribution in [0, 0.1) is 0 Å². The number of aliphatic imine (C=N–C) groups is 1. The molecule has 0 aliphatic carbocycles. The van der Waals surface area contributed by atoms with E-state index in [1.54, 1.807) is 39.8 Å². The van der Waals surface area contributed by atoms with Gasteiger partial charge < -0.3 is 33.7 Å². The van der Waals surface area contributed by atoms with E-state index in [1.165, 1.54) is 0 Å². The van der Waals surface area contributed by atoms with E-state index in [-0.39, 0.29) is 11.5 Å². The molecule has 8 nitrogen and oxygen atoms in total. The lowest BCUT2D eigenvalue weighted by Crippen LogP contribution is -2.62. The van der Waals surface area contributed by atoms with Crippen molar-refractivity contribution in [3.63, 3.8) is 0 Å². The lowest BCUT2D eigenvalue weighted by molar-refractivity contribution is -0.237. The number of methoxy groups -OCH3 is 2. The minimum Gasteiger partial charge on any atom is -0.497 e. The molecule has 5 atom stereocenters. The van der Waals surface area contributed by atoms with Crippen LogP contribution in [0.25, 0.3) is 0 Å². The Labute approximate surface area is 217 Å². The van der Waals surface area contributed by atoms with Crippen LogP contribution in [-0.4, -0.2) is 78.9 Å². The second kappa shape index (κ2) is 11.4. The first-order valence-electron chi connectivity index (χ1n) is 12.0. The van der Waals surface area contributed by atoms with Crippen LogP contribution in [0.5, 0.6) is 11.5 Å². The molecule has 0 bridgehead atoms. The number of hydrogen-bond donors (Lipinski definition) is 1. The van der Waals surface area contributed by atoms with E-state index in [9.17, 15) is 5.11 Å². The maximum absolute atomic E-state index is 11.1. The highest BCUT2D eigenvalue weighted by molar-refractivity contribution is 8.14. The average molecular weight is 517 g/mol. The van der Waals surface area contributed by atoms with Crippen LogP contribution >= 0.6 is 11.8 Å². The number of ether oxygens (including phenoxy) is 5. The molecular weight excluding hydrogens is 480 g/mol. The molecule has 2 aromatic carbocycles. The van der Waals surface area contributed by atoms with E-state index in [4.69, 9.17) is 28.7 Å². The van der Waals surface area contributed by atoms with Gasteiger partial charge >= 0.3 is 0 Å². The standard InChI is InChI=1S/C27H36N2O6S/c1-27(2,30)24-23(34-16-18-9-13-20(32-6)14-10-18)22(21-25(35-24)36-26(28-21)29(3)4)33-15-17-7-11-19(31-5)12-8-17/h7-14,21-25,30H,15-16H2,1-6H3/t21-,22-,23-,24+,25-/m1/s1. The van der Waals surface area contributed by atoms with Crippen molar-refractivity contribution in [2.24, 2.45) is 4.99 Å². The maximum Gasteiger partial charge on any atom is 0.161 e. The number of nitrogens with zero attached hydrogens (tertiary/aromatic N) is 2. The second-order valence-electron chi connectivity index (χ2n) is 9.74. The van der Waals surface area contributed by atoms with Crippen molar-refractivity contribution < 1.29 is 28.8 Å². The largest absolute Gasteiger partial charge is 0.497 e. The minimum atomic E-state index is -1.15. The highest BCUT2D eigenvalue weighted by atomic mass is 32.2. The first-order valence-corrected chi connectivity index (χ1v) is 12.9. The Morgan fingerprint density at radius 3 is 1.83 bits per heavy atom. The van der Waals surface area contributed by atoms with Gasteiger partial charge in [-0.1, -0.05) is 36.0 Å². The molecule has 1 fully saturated rings. The van der Waals surface area contributed by atoms with E-state index >= 15 is 0 Å². The summed E-state index contributed by atoms with van der Waals surface area (Å²) in [4.78, 5) is 6.90. The van der Waals surface area contributed by atoms with Crippen LogP contribution in [0.1, 0.15) is 25.0 Å². The average Bonchev–Trinajstić information content (AvgIpc) is 3.30. The Morgan fingerprint density at radius 2 is 1.39 bits per heavy atom. The Morgan fingerprint density at radius 1 is 0.889 bits per heavy atom. The molecule has 0 saturated carbocycles. The van der Waals surface area contributed by atoms with Gasteiger partial charge in [0, 0.05) is 14.1 Å². The molecule has 0 amide bonds. The van der Waals surface area contributed by atoms with Gasteiger partial charge in [0.15, 0.2) is 5.17 Å². The molecule has 36 heavy (non-hydrogen) atoms. The predicted octanol–water partition coefficient (Wildman–Crippen LogP) is 3.70. The van der Waals surface area contributed by atoms with Crippen molar-refractivity contribution in [2.45, 2.75) is 62.5 Å². The van der Waals surface area contributed by atoms with Crippen LogP contribution in [0.3, 0.4) is 0 Å². The Kier molecular flexibility index (Phi) is 8.47. The first-order chi connectivity index (χ1) is 17.2. The fraction of sp³-hybridized carbons (Fsp3) is 0.519. The Hall–Kier alpha value is -2.30. The number of aliphatic hydroxyl groups is 1. The van der Waals surface area contributed by atoms with Gasteiger partial charge in [0.05, 0.1) is 33.0 Å². The molecule has 2 aromatic rings. The van der Waals surface area contributed by atoms with Crippen molar-refractivity contribution >= 4 is 16.9 Å². The molecular formula is C27H36N2O6S. The maximum atomic E-state index is 11.1. The van der Waals surface area contributed by atoms with Crippen LogP contribution < -0.4 is 9.47 Å². The molecule has 0 unspecified atom stereocenters. The first kappa shape index (κ1) is 26.8. The zero-order chi connectivity index (χ0) is 25.9. The summed E-state index contributed by atoms with van der Waals surface area (Å²) in [7, 11) is 7.21. The SMILES string of the molecule is COc1ccc(CO[C@@H]2[C@H]3N=C(N(C)C)S[C@H]3O[C@H](C(C)(C)O)[C@@H]2OCc2ccc(OC)cc2)cc1. The van der Waals surface area contributed by atoms with Gasteiger partial charge in [0.1, 0.15) is 41.3 Å². The molecule has 1 saturated heterocycles. The lowest BCUT2D eigenvalue weighted by Gasteiger charge is -2.46. The zero-order valence-corrected chi connectivity index (χ0v) is 22.5. The zero-order valence-electron chi connectivity index (χ0n) is 21.7. The van der Waals surface area contributed by atoms with Gasteiger partial charge in [-0.2, -0.15) is 0 Å². The van der Waals surface area contributed by atoms with E-state index < -0.39 is 23.9 Å². The van der Waals surface area contributed by atoms with Crippen molar-refractivity contribution in [3.05, 3.63) is 59.7 Å². The summed E-state index contributed by atoms with van der Waals surface area (Å²) >= 11 is 1.55. The van der Waals surface area contributed by atoms with Gasteiger partial charge in [-0.25, -0.2) is 0 Å². The van der Waals surface area contributed by atoms with Crippen LogP contribution in [0.15, 0.2) is 53.5 Å². The summed E-state index contributed by atoms with van der Waals surface area (Å²) in [6.45, 7) is 4.20.